The van der Waals surface area contributed by atoms with Gasteiger partial charge in [-0.25, -0.2) is 0 Å². The van der Waals surface area contributed by atoms with Gasteiger partial charge in [-0.05, 0) is 56.7 Å². The van der Waals surface area contributed by atoms with E-state index in [-0.39, 0.29) is 11.8 Å². The zero-order chi connectivity index (χ0) is 14.4. The third-order valence-corrected chi connectivity index (χ3v) is 3.93. The van der Waals surface area contributed by atoms with Crippen molar-refractivity contribution < 1.29 is 4.79 Å². The van der Waals surface area contributed by atoms with Crippen LogP contribution in [0.25, 0.3) is 0 Å². The number of hydrogen-bond acceptors (Lipinski definition) is 2. The van der Waals surface area contributed by atoms with Crippen LogP contribution < -0.4 is 11.1 Å². The van der Waals surface area contributed by atoms with Gasteiger partial charge in [0.05, 0.1) is 5.92 Å². The van der Waals surface area contributed by atoms with Crippen LogP contribution in [0.5, 0.6) is 0 Å². The first-order valence-corrected chi connectivity index (χ1v) is 7.48. The molecule has 3 nitrogen and oxygen atoms in total. The fraction of sp³-hybridized carbons (Fsp3) is 0.471. The van der Waals surface area contributed by atoms with Crippen molar-refractivity contribution in [3.8, 4) is 0 Å². The number of benzene rings is 1. The van der Waals surface area contributed by atoms with Crippen molar-refractivity contribution >= 4 is 11.6 Å². The molecule has 1 atom stereocenters. The van der Waals surface area contributed by atoms with E-state index in [0.29, 0.717) is 5.69 Å². The Bertz CT molecular complexity index is 494. The Kier molecular flexibility index (Phi) is 5.22. The van der Waals surface area contributed by atoms with Gasteiger partial charge in [0, 0.05) is 12.2 Å². The van der Waals surface area contributed by atoms with E-state index in [4.69, 9.17) is 5.73 Å². The summed E-state index contributed by atoms with van der Waals surface area (Å²) >= 11 is 0. The first-order valence-electron chi connectivity index (χ1n) is 7.48. The predicted octanol–water partition coefficient (Wildman–Crippen LogP) is 3.38. The highest BCUT2D eigenvalue weighted by atomic mass is 16.1. The molecule has 0 heterocycles. The molecular weight excluding hydrogens is 248 g/mol. The number of nitrogen functional groups attached to an aromatic ring is 1. The van der Waals surface area contributed by atoms with Crippen LogP contribution in [0.2, 0.25) is 0 Å². The average molecular weight is 272 g/mol. The SMILES string of the molecule is CC(C(=O)NCCC1=CCCCC1)c1cccc(N)c1. The molecule has 0 fully saturated rings. The molecule has 1 unspecified atom stereocenters. The number of amides is 1. The fourth-order valence-corrected chi connectivity index (χ4v) is 2.61. The summed E-state index contributed by atoms with van der Waals surface area (Å²) in [5, 5.41) is 3.03. The van der Waals surface area contributed by atoms with Gasteiger partial charge < -0.3 is 11.1 Å². The van der Waals surface area contributed by atoms with Gasteiger partial charge in [-0.15, -0.1) is 0 Å². The maximum Gasteiger partial charge on any atom is 0.227 e. The number of carbonyl (C=O) groups is 1. The van der Waals surface area contributed by atoms with Crippen LogP contribution in [0.3, 0.4) is 0 Å². The van der Waals surface area contributed by atoms with Crippen LogP contribution in [0.4, 0.5) is 5.69 Å². The predicted molar refractivity (Wildman–Crippen MR) is 83.4 cm³/mol. The highest BCUT2D eigenvalue weighted by molar-refractivity contribution is 5.83. The van der Waals surface area contributed by atoms with E-state index in [1.54, 1.807) is 0 Å². The minimum absolute atomic E-state index is 0.0759. The Morgan fingerprint density at radius 3 is 2.95 bits per heavy atom. The molecule has 0 bridgehead atoms. The molecule has 0 radical (unpaired) electrons. The average Bonchev–Trinajstić information content (AvgIpc) is 2.47. The highest BCUT2D eigenvalue weighted by Gasteiger charge is 2.15. The zero-order valence-corrected chi connectivity index (χ0v) is 12.2. The molecule has 108 valence electrons. The summed E-state index contributed by atoms with van der Waals surface area (Å²) in [6.07, 6.45) is 8.30. The van der Waals surface area contributed by atoms with Gasteiger partial charge in [0.1, 0.15) is 0 Å². The monoisotopic (exact) mass is 272 g/mol. The number of nitrogens with one attached hydrogen (secondary N) is 1. The highest BCUT2D eigenvalue weighted by Crippen LogP contribution is 2.20. The Hall–Kier alpha value is -1.77. The molecule has 2 rings (SSSR count). The summed E-state index contributed by atoms with van der Waals surface area (Å²) in [6, 6.07) is 7.54. The van der Waals surface area contributed by atoms with E-state index < -0.39 is 0 Å². The summed E-state index contributed by atoms with van der Waals surface area (Å²) in [7, 11) is 0. The van der Waals surface area contributed by atoms with Gasteiger partial charge >= 0.3 is 0 Å². The van der Waals surface area contributed by atoms with E-state index in [9.17, 15) is 4.79 Å². The lowest BCUT2D eigenvalue weighted by molar-refractivity contribution is -0.122. The molecule has 0 saturated carbocycles. The Balaban J connectivity index is 1.80. The van der Waals surface area contributed by atoms with Crippen LogP contribution >= 0.6 is 0 Å². The fourth-order valence-electron chi connectivity index (χ4n) is 2.61. The van der Waals surface area contributed by atoms with Crippen LogP contribution in [-0.4, -0.2) is 12.5 Å². The molecule has 0 aromatic heterocycles. The Labute approximate surface area is 121 Å². The normalized spacial score (nSPS) is 16.4. The van der Waals surface area contributed by atoms with Crippen molar-refractivity contribution in [2.75, 3.05) is 12.3 Å². The molecule has 1 amide bonds. The van der Waals surface area contributed by atoms with Crippen molar-refractivity contribution in [1.82, 2.24) is 5.32 Å². The van der Waals surface area contributed by atoms with Gasteiger partial charge in [-0.2, -0.15) is 0 Å². The number of nitrogens with two attached hydrogens (primary N) is 1. The number of anilines is 1. The number of rotatable bonds is 5. The van der Waals surface area contributed by atoms with E-state index in [0.717, 1.165) is 18.5 Å². The molecule has 3 N–H and O–H groups in total. The smallest absolute Gasteiger partial charge is 0.227 e. The van der Waals surface area contributed by atoms with Gasteiger partial charge in [-0.1, -0.05) is 23.8 Å². The molecule has 0 saturated heterocycles. The van der Waals surface area contributed by atoms with Gasteiger partial charge in [0.2, 0.25) is 5.91 Å². The van der Waals surface area contributed by atoms with Crippen LogP contribution in [0, 0.1) is 0 Å². The van der Waals surface area contributed by atoms with Crippen molar-refractivity contribution in [3.63, 3.8) is 0 Å². The van der Waals surface area contributed by atoms with E-state index in [1.165, 1.54) is 31.3 Å². The van der Waals surface area contributed by atoms with Crippen molar-refractivity contribution in [2.24, 2.45) is 0 Å². The second kappa shape index (κ2) is 7.13. The van der Waals surface area contributed by atoms with Crippen LogP contribution in [-0.2, 0) is 4.79 Å². The third-order valence-electron chi connectivity index (χ3n) is 3.93. The standard InChI is InChI=1S/C17H24N2O/c1-13(15-8-5-9-16(18)12-15)17(20)19-11-10-14-6-3-2-4-7-14/h5-6,8-9,12-13H,2-4,7,10-11,18H2,1H3,(H,19,20). The third kappa shape index (κ3) is 4.12. The van der Waals surface area contributed by atoms with Gasteiger partial charge in [0.25, 0.3) is 0 Å². The Morgan fingerprint density at radius 1 is 1.40 bits per heavy atom. The van der Waals surface area contributed by atoms with Crippen molar-refractivity contribution in [1.29, 1.82) is 0 Å². The molecule has 0 aliphatic heterocycles. The van der Waals surface area contributed by atoms with Crippen molar-refractivity contribution in [3.05, 3.63) is 41.5 Å². The molecule has 0 spiro atoms. The first-order chi connectivity index (χ1) is 9.66. The quantitative estimate of drug-likeness (QED) is 0.637. The topological polar surface area (TPSA) is 55.1 Å². The van der Waals surface area contributed by atoms with Crippen LogP contribution in [0.15, 0.2) is 35.9 Å². The van der Waals surface area contributed by atoms with E-state index in [2.05, 4.69) is 11.4 Å². The zero-order valence-electron chi connectivity index (χ0n) is 12.2. The largest absolute Gasteiger partial charge is 0.399 e. The maximum absolute atomic E-state index is 12.1. The Morgan fingerprint density at radius 2 is 2.25 bits per heavy atom. The molecule has 1 aromatic rings. The lowest BCUT2D eigenvalue weighted by Crippen LogP contribution is -2.29. The molecule has 20 heavy (non-hydrogen) atoms. The lowest BCUT2D eigenvalue weighted by atomic mass is 9.97. The second-order valence-corrected chi connectivity index (χ2v) is 5.54. The summed E-state index contributed by atoms with van der Waals surface area (Å²) in [5.74, 6) is -0.0779. The van der Waals surface area contributed by atoms with Crippen molar-refractivity contribution in [2.45, 2.75) is 44.9 Å². The minimum Gasteiger partial charge on any atom is -0.399 e. The summed E-state index contributed by atoms with van der Waals surface area (Å²) in [5.41, 5.74) is 8.92. The molecule has 1 aromatic carbocycles. The summed E-state index contributed by atoms with van der Waals surface area (Å²) < 4.78 is 0. The molecular formula is C17H24N2O. The molecule has 3 heteroatoms. The number of allylic oxidation sites excluding steroid dienone is 1. The summed E-state index contributed by atoms with van der Waals surface area (Å²) in [6.45, 7) is 2.65. The summed E-state index contributed by atoms with van der Waals surface area (Å²) in [4.78, 5) is 12.1. The van der Waals surface area contributed by atoms with E-state index >= 15 is 0 Å². The molecule has 1 aliphatic rings. The second-order valence-electron chi connectivity index (χ2n) is 5.54. The molecule has 1 aliphatic carbocycles. The van der Waals surface area contributed by atoms with Crippen LogP contribution in [0.1, 0.15) is 50.5 Å². The first kappa shape index (κ1) is 14.6. The number of hydrogen-bond donors (Lipinski definition) is 2. The lowest BCUT2D eigenvalue weighted by Gasteiger charge is -2.15. The maximum atomic E-state index is 12.1. The number of carbonyl (C=O) groups excluding carboxylic acids is 1. The minimum atomic E-state index is -0.154. The van der Waals surface area contributed by atoms with Gasteiger partial charge in [0.15, 0.2) is 0 Å². The van der Waals surface area contributed by atoms with Gasteiger partial charge in [-0.3, -0.25) is 4.79 Å². The van der Waals surface area contributed by atoms with E-state index in [1.807, 2.05) is 31.2 Å².